The van der Waals surface area contributed by atoms with Gasteiger partial charge in [0.25, 0.3) is 0 Å². The van der Waals surface area contributed by atoms with Crippen LogP contribution in [0.15, 0.2) is 0 Å². The van der Waals surface area contributed by atoms with Crippen molar-refractivity contribution < 1.29 is 56.9 Å². The van der Waals surface area contributed by atoms with Crippen molar-refractivity contribution in [2.24, 2.45) is 0 Å². The number of hydrogen-bond donors (Lipinski definition) is 2. The first-order chi connectivity index (χ1) is 13.4. The molecule has 2 atom stereocenters. The van der Waals surface area contributed by atoms with Crippen molar-refractivity contribution in [3.63, 3.8) is 0 Å². The summed E-state index contributed by atoms with van der Waals surface area (Å²) in [6, 6.07) is 0. The molecule has 0 rings (SSSR count). The summed E-state index contributed by atoms with van der Waals surface area (Å²) in [5.74, 6) is 0. The molecule has 0 aromatic rings. The zero-order valence-electron chi connectivity index (χ0n) is 18.8. The molecule has 0 bridgehead atoms. The molecule has 0 saturated carbocycles. The Morgan fingerprint density at radius 1 is 0.759 bits per heavy atom. The summed E-state index contributed by atoms with van der Waals surface area (Å²) in [6.07, 6.45) is 17.6. The summed E-state index contributed by atoms with van der Waals surface area (Å²) in [4.78, 5) is 0. The first-order valence-electron chi connectivity index (χ1n) is 11.3. The van der Waals surface area contributed by atoms with Gasteiger partial charge < -0.3 is 14.8 Å². The predicted octanol–water partition coefficient (Wildman–Crippen LogP) is 1.84. The molecule has 0 aromatic heterocycles. The molecule has 0 saturated heterocycles. The largest absolute Gasteiger partial charge is 1.00 e. The maximum atomic E-state index is 10.7. The molecule has 170 valence electrons. The average molecular weight is 447 g/mol. The molecule has 2 N–H and O–H groups in total. The van der Waals surface area contributed by atoms with Crippen LogP contribution in [0, 0.1) is 0 Å². The summed E-state index contributed by atoms with van der Waals surface area (Å²) in [5, 5.41) is 18.4. The Morgan fingerprint density at radius 2 is 1.10 bits per heavy atom. The molecule has 0 aromatic carbocycles. The van der Waals surface area contributed by atoms with Crippen molar-refractivity contribution in [3.8, 4) is 0 Å². The second-order valence-electron chi connectivity index (χ2n) is 7.88. The summed E-state index contributed by atoms with van der Waals surface area (Å²) in [6.45, 7) is 1.62. The maximum Gasteiger partial charge on any atom is 1.00 e. The average Bonchev–Trinajstić information content (AvgIpc) is 2.65. The molecule has 0 radical (unpaired) electrons. The topological polar surface area (TPSA) is 107 Å². The van der Waals surface area contributed by atoms with Crippen LogP contribution < -0.4 is 29.6 Å². The van der Waals surface area contributed by atoms with Crippen LogP contribution in [0.3, 0.4) is 0 Å². The Balaban J connectivity index is 0. The van der Waals surface area contributed by atoms with Crippen LogP contribution in [0.1, 0.15) is 116 Å². The number of unbranched alkanes of at least 4 members (excludes halogenated alkanes) is 15. The van der Waals surface area contributed by atoms with Crippen LogP contribution in [0.2, 0.25) is 0 Å². The van der Waals surface area contributed by atoms with Gasteiger partial charge in [-0.15, -0.1) is 0 Å². The Morgan fingerprint density at radius 3 is 1.41 bits per heavy atom. The van der Waals surface area contributed by atoms with Gasteiger partial charge in [0, 0.05) is 0 Å². The van der Waals surface area contributed by atoms with Gasteiger partial charge in [-0.2, -0.15) is 0 Å². The van der Waals surface area contributed by atoms with E-state index in [0.29, 0.717) is 6.42 Å². The molecule has 0 aliphatic rings. The minimum atomic E-state index is -4.87. The van der Waals surface area contributed by atoms with Gasteiger partial charge in [-0.25, -0.2) is 8.42 Å². The molecule has 0 amide bonds. The predicted molar refractivity (Wildman–Crippen MR) is 112 cm³/mol. The van der Waals surface area contributed by atoms with Crippen molar-refractivity contribution in [2.45, 2.75) is 128 Å². The fourth-order valence-electron chi connectivity index (χ4n) is 3.47. The molecule has 0 spiro atoms. The van der Waals surface area contributed by atoms with E-state index >= 15 is 0 Å². The Hall–Kier alpha value is 0.790. The third kappa shape index (κ3) is 23.3. The van der Waals surface area contributed by atoms with Crippen LogP contribution in [-0.2, 0) is 14.6 Å². The molecule has 0 fully saturated rings. The first-order valence-corrected chi connectivity index (χ1v) is 12.7. The van der Waals surface area contributed by atoms with Crippen LogP contribution >= 0.6 is 0 Å². The van der Waals surface area contributed by atoms with E-state index in [2.05, 4.69) is 11.1 Å². The molecule has 6 nitrogen and oxygen atoms in total. The first kappa shape index (κ1) is 32.0. The van der Waals surface area contributed by atoms with E-state index in [1.165, 1.54) is 77.0 Å². The minimum Gasteiger partial charge on any atom is -0.726 e. The quantitative estimate of drug-likeness (QED) is 0.121. The summed E-state index contributed by atoms with van der Waals surface area (Å²) >= 11 is 0. The van der Waals surface area contributed by atoms with Crippen molar-refractivity contribution in [2.75, 3.05) is 6.61 Å². The maximum absolute atomic E-state index is 10.7. The molecular weight excluding hydrogens is 403 g/mol. The van der Waals surface area contributed by atoms with Gasteiger partial charge in [-0.1, -0.05) is 110 Å². The van der Waals surface area contributed by atoms with E-state index in [-0.39, 0.29) is 36.0 Å². The SMILES string of the molecule is CCCCCCCCCCCCCCCCCCC(OS(=O)(=O)[O-])C(O)CO.[Na+]. The van der Waals surface area contributed by atoms with E-state index in [1.54, 1.807) is 0 Å². The van der Waals surface area contributed by atoms with Crippen molar-refractivity contribution in [3.05, 3.63) is 0 Å². The molecule has 0 aliphatic heterocycles. The third-order valence-corrected chi connectivity index (χ3v) is 5.68. The van der Waals surface area contributed by atoms with Crippen molar-refractivity contribution in [1.82, 2.24) is 0 Å². The zero-order chi connectivity index (χ0) is 21.1. The smallest absolute Gasteiger partial charge is 0.726 e. The summed E-state index contributed by atoms with van der Waals surface area (Å²) in [5.41, 5.74) is 0. The van der Waals surface area contributed by atoms with Crippen molar-refractivity contribution >= 4 is 10.4 Å². The van der Waals surface area contributed by atoms with E-state index in [4.69, 9.17) is 5.11 Å². The second kappa shape index (κ2) is 22.0. The molecular formula is C21H43NaO6S. The van der Waals surface area contributed by atoms with E-state index in [9.17, 15) is 18.1 Å². The number of aliphatic hydroxyl groups is 2. The minimum absolute atomic E-state index is 0. The number of aliphatic hydroxyl groups excluding tert-OH is 2. The van der Waals surface area contributed by atoms with Crippen molar-refractivity contribution in [1.29, 1.82) is 0 Å². The van der Waals surface area contributed by atoms with E-state index < -0.39 is 29.2 Å². The Kier molecular flexibility index (Phi) is 24.3. The van der Waals surface area contributed by atoms with Gasteiger partial charge in [-0.3, -0.25) is 4.18 Å². The van der Waals surface area contributed by atoms with Gasteiger partial charge >= 0.3 is 29.6 Å². The van der Waals surface area contributed by atoms with Crippen LogP contribution in [0.5, 0.6) is 0 Å². The Bertz CT molecular complexity index is 433. The summed E-state index contributed by atoms with van der Waals surface area (Å²) in [7, 11) is -4.87. The molecule has 29 heavy (non-hydrogen) atoms. The Labute approximate surface area is 201 Å². The van der Waals surface area contributed by atoms with E-state index in [0.717, 1.165) is 19.3 Å². The van der Waals surface area contributed by atoms with Gasteiger partial charge in [-0.05, 0) is 6.42 Å². The molecule has 8 heteroatoms. The van der Waals surface area contributed by atoms with Gasteiger partial charge in [0.15, 0.2) is 0 Å². The molecule has 0 aliphatic carbocycles. The van der Waals surface area contributed by atoms with Crippen LogP contribution in [0.4, 0.5) is 0 Å². The molecule has 2 unspecified atom stereocenters. The second-order valence-corrected chi connectivity index (χ2v) is 8.89. The fourth-order valence-corrected chi connectivity index (χ4v) is 3.99. The van der Waals surface area contributed by atoms with Gasteiger partial charge in [0.1, 0.15) is 12.2 Å². The van der Waals surface area contributed by atoms with E-state index in [1.807, 2.05) is 0 Å². The van der Waals surface area contributed by atoms with Crippen LogP contribution in [0.25, 0.3) is 0 Å². The zero-order valence-corrected chi connectivity index (χ0v) is 21.6. The third-order valence-electron chi connectivity index (χ3n) is 5.20. The molecule has 0 heterocycles. The number of hydrogen-bond acceptors (Lipinski definition) is 6. The normalized spacial score (nSPS) is 13.8. The standard InChI is InChI=1S/C21H44O6S.Na/c1-2-3-4-5-6-7-8-9-10-11-12-13-14-15-16-17-18-21(20(23)19-22)27-28(24,25)26;/h20-23H,2-19H2,1H3,(H,24,25,26);/q;+1/p-1. The summed E-state index contributed by atoms with van der Waals surface area (Å²) < 4.78 is 36.3. The van der Waals surface area contributed by atoms with Gasteiger partial charge in [0.05, 0.1) is 6.61 Å². The fraction of sp³-hybridized carbons (Fsp3) is 1.00. The van der Waals surface area contributed by atoms with Crippen LogP contribution in [-0.4, -0.2) is 42.0 Å². The monoisotopic (exact) mass is 446 g/mol. The number of rotatable bonds is 21. The van der Waals surface area contributed by atoms with Gasteiger partial charge in [0.2, 0.25) is 10.4 Å².